The Morgan fingerprint density at radius 3 is 2.95 bits per heavy atom. The van der Waals surface area contributed by atoms with E-state index in [1.165, 1.54) is 6.07 Å². The number of halogens is 2. The molecule has 0 fully saturated rings. The minimum Gasteiger partial charge on any atom is -0.352 e. The van der Waals surface area contributed by atoms with Crippen molar-refractivity contribution in [3.8, 4) is 0 Å². The number of carbonyl (C=O) groups excluding carboxylic acids is 1. The molecule has 1 N–H and O–H groups in total. The number of hydrogen-bond donors (Lipinski definition) is 1. The molecule has 0 aliphatic rings. The Kier molecular flexibility index (Phi) is 4.31. The number of rotatable bonds is 4. The normalized spacial score (nSPS) is 10.5. The van der Waals surface area contributed by atoms with Gasteiger partial charge in [0.15, 0.2) is 0 Å². The van der Waals surface area contributed by atoms with Gasteiger partial charge in [-0.15, -0.1) is 0 Å². The summed E-state index contributed by atoms with van der Waals surface area (Å²) in [5.41, 5.74) is 1.06. The van der Waals surface area contributed by atoms with E-state index in [0.717, 1.165) is 5.56 Å². The maximum Gasteiger partial charge on any atom is 0.255 e. The molecule has 0 saturated carbocycles. The summed E-state index contributed by atoms with van der Waals surface area (Å²) >= 11 is 3.17. The Morgan fingerprint density at radius 2 is 2.32 bits per heavy atom. The van der Waals surface area contributed by atoms with Crippen molar-refractivity contribution < 1.29 is 9.18 Å². The molecule has 100 valence electrons. The SMILES string of the molecule is Cn1cc(CCNC(=O)c2c(F)cccc2Br)cn1. The lowest BCUT2D eigenvalue weighted by molar-refractivity contribution is 0.0949. The van der Waals surface area contributed by atoms with Gasteiger partial charge in [0.2, 0.25) is 0 Å². The van der Waals surface area contributed by atoms with Crippen LogP contribution in [0.3, 0.4) is 0 Å². The van der Waals surface area contributed by atoms with Gasteiger partial charge in [-0.25, -0.2) is 4.39 Å². The van der Waals surface area contributed by atoms with Gasteiger partial charge in [-0.1, -0.05) is 6.07 Å². The molecule has 6 heteroatoms. The second kappa shape index (κ2) is 5.97. The van der Waals surface area contributed by atoms with Gasteiger partial charge < -0.3 is 5.32 Å². The standard InChI is InChI=1S/C13H13BrFN3O/c1-18-8-9(7-17-18)5-6-16-13(19)12-10(14)3-2-4-11(12)15/h2-4,7-8H,5-6H2,1H3,(H,16,19). The number of carbonyl (C=O) groups is 1. The molecule has 1 heterocycles. The second-order valence-electron chi connectivity index (χ2n) is 4.12. The average Bonchev–Trinajstić information content (AvgIpc) is 2.75. The van der Waals surface area contributed by atoms with Crippen LogP contribution in [0.25, 0.3) is 0 Å². The van der Waals surface area contributed by atoms with Crippen LogP contribution in [0.2, 0.25) is 0 Å². The van der Waals surface area contributed by atoms with Crippen LogP contribution in [-0.2, 0) is 13.5 Å². The molecule has 0 radical (unpaired) electrons. The summed E-state index contributed by atoms with van der Waals surface area (Å²) in [6.45, 7) is 0.436. The summed E-state index contributed by atoms with van der Waals surface area (Å²) in [5.74, 6) is -0.956. The highest BCUT2D eigenvalue weighted by Gasteiger charge is 2.14. The van der Waals surface area contributed by atoms with Gasteiger partial charge in [-0.05, 0) is 40.0 Å². The van der Waals surface area contributed by atoms with Crippen molar-refractivity contribution in [2.24, 2.45) is 7.05 Å². The van der Waals surface area contributed by atoms with Crippen molar-refractivity contribution >= 4 is 21.8 Å². The van der Waals surface area contributed by atoms with Crippen LogP contribution >= 0.6 is 15.9 Å². The van der Waals surface area contributed by atoms with Crippen molar-refractivity contribution in [1.29, 1.82) is 0 Å². The summed E-state index contributed by atoms with van der Waals surface area (Å²) in [5, 5.41) is 6.73. The highest BCUT2D eigenvalue weighted by Crippen LogP contribution is 2.19. The third kappa shape index (κ3) is 3.41. The number of amides is 1. The summed E-state index contributed by atoms with van der Waals surface area (Å²) in [6.07, 6.45) is 4.28. The molecular weight excluding hydrogens is 313 g/mol. The molecule has 19 heavy (non-hydrogen) atoms. The van der Waals surface area contributed by atoms with Gasteiger partial charge in [-0.2, -0.15) is 5.10 Å². The molecule has 0 aliphatic carbocycles. The first-order valence-corrected chi connectivity index (χ1v) is 6.57. The van der Waals surface area contributed by atoms with Gasteiger partial charge in [0.25, 0.3) is 5.91 Å². The third-order valence-electron chi connectivity index (χ3n) is 2.65. The largest absolute Gasteiger partial charge is 0.352 e. The van der Waals surface area contributed by atoms with E-state index in [1.807, 2.05) is 13.2 Å². The zero-order valence-electron chi connectivity index (χ0n) is 10.4. The number of aromatic nitrogens is 2. The molecule has 0 aliphatic heterocycles. The first-order chi connectivity index (χ1) is 9.08. The van der Waals surface area contributed by atoms with E-state index in [2.05, 4.69) is 26.3 Å². The van der Waals surface area contributed by atoms with E-state index in [1.54, 1.807) is 23.0 Å². The highest BCUT2D eigenvalue weighted by atomic mass is 79.9. The fourth-order valence-electron chi connectivity index (χ4n) is 1.72. The molecule has 4 nitrogen and oxygen atoms in total. The Balaban J connectivity index is 1.94. The maximum absolute atomic E-state index is 13.6. The monoisotopic (exact) mass is 325 g/mol. The number of benzene rings is 1. The number of hydrogen-bond acceptors (Lipinski definition) is 2. The van der Waals surface area contributed by atoms with Crippen molar-refractivity contribution in [3.05, 3.63) is 52.0 Å². The van der Waals surface area contributed by atoms with Crippen molar-refractivity contribution in [1.82, 2.24) is 15.1 Å². The first kappa shape index (κ1) is 13.7. The Bertz CT molecular complexity index is 577. The lowest BCUT2D eigenvalue weighted by Gasteiger charge is -2.07. The van der Waals surface area contributed by atoms with Gasteiger partial charge in [0, 0.05) is 24.3 Å². The Labute approximate surface area is 118 Å². The molecule has 1 aromatic carbocycles. The van der Waals surface area contributed by atoms with Crippen LogP contribution in [0.1, 0.15) is 15.9 Å². The minimum absolute atomic E-state index is 0.0358. The molecule has 0 atom stereocenters. The fraction of sp³-hybridized carbons (Fsp3) is 0.231. The molecule has 0 saturated heterocycles. The molecule has 0 spiro atoms. The Hall–Kier alpha value is -1.69. The summed E-state index contributed by atoms with van der Waals surface area (Å²) in [7, 11) is 1.83. The van der Waals surface area contributed by atoms with Crippen molar-refractivity contribution in [3.63, 3.8) is 0 Å². The summed E-state index contributed by atoms with van der Waals surface area (Å²) in [4.78, 5) is 11.9. The van der Waals surface area contributed by atoms with Crippen LogP contribution in [0.4, 0.5) is 4.39 Å². The highest BCUT2D eigenvalue weighted by molar-refractivity contribution is 9.10. The van der Waals surface area contributed by atoms with Crippen molar-refractivity contribution in [2.45, 2.75) is 6.42 Å². The average molecular weight is 326 g/mol. The van der Waals surface area contributed by atoms with E-state index in [-0.39, 0.29) is 5.56 Å². The quantitative estimate of drug-likeness (QED) is 0.937. The van der Waals surface area contributed by atoms with Crippen LogP contribution in [0.15, 0.2) is 35.1 Å². The van der Waals surface area contributed by atoms with Gasteiger partial charge in [-0.3, -0.25) is 9.48 Å². The molecule has 2 rings (SSSR count). The summed E-state index contributed by atoms with van der Waals surface area (Å²) < 4.78 is 15.7. The lowest BCUT2D eigenvalue weighted by Crippen LogP contribution is -2.26. The van der Waals surface area contributed by atoms with Crippen molar-refractivity contribution in [2.75, 3.05) is 6.54 Å². The van der Waals surface area contributed by atoms with E-state index in [0.29, 0.717) is 17.4 Å². The topological polar surface area (TPSA) is 46.9 Å². The zero-order chi connectivity index (χ0) is 13.8. The van der Waals surface area contributed by atoms with Gasteiger partial charge in [0.05, 0.1) is 11.8 Å². The number of nitrogens with zero attached hydrogens (tertiary/aromatic N) is 2. The molecule has 0 bridgehead atoms. The van der Waals surface area contributed by atoms with Crippen LogP contribution in [-0.4, -0.2) is 22.2 Å². The number of aryl methyl sites for hydroxylation is 1. The van der Waals surface area contributed by atoms with Gasteiger partial charge in [0.1, 0.15) is 5.82 Å². The number of nitrogens with one attached hydrogen (secondary N) is 1. The van der Waals surface area contributed by atoms with Crippen LogP contribution < -0.4 is 5.32 Å². The smallest absolute Gasteiger partial charge is 0.255 e. The lowest BCUT2D eigenvalue weighted by atomic mass is 10.2. The molecule has 2 aromatic rings. The van der Waals surface area contributed by atoms with E-state index in [4.69, 9.17) is 0 Å². The zero-order valence-corrected chi connectivity index (χ0v) is 11.9. The maximum atomic E-state index is 13.6. The van der Waals surface area contributed by atoms with E-state index < -0.39 is 11.7 Å². The van der Waals surface area contributed by atoms with Crippen LogP contribution in [0.5, 0.6) is 0 Å². The molecule has 1 aromatic heterocycles. The van der Waals surface area contributed by atoms with Gasteiger partial charge >= 0.3 is 0 Å². The van der Waals surface area contributed by atoms with Crippen LogP contribution in [0, 0.1) is 5.82 Å². The minimum atomic E-state index is -0.534. The molecule has 0 unspecified atom stereocenters. The third-order valence-corrected chi connectivity index (χ3v) is 3.31. The predicted octanol–water partition coefficient (Wildman–Crippen LogP) is 2.29. The van der Waals surface area contributed by atoms with E-state index >= 15 is 0 Å². The fourth-order valence-corrected chi connectivity index (χ4v) is 2.25. The Morgan fingerprint density at radius 1 is 1.53 bits per heavy atom. The first-order valence-electron chi connectivity index (χ1n) is 5.77. The molecule has 1 amide bonds. The second-order valence-corrected chi connectivity index (χ2v) is 4.98. The molecular formula is C13H13BrFN3O. The van der Waals surface area contributed by atoms with E-state index in [9.17, 15) is 9.18 Å². The predicted molar refractivity (Wildman–Crippen MR) is 73.3 cm³/mol. The summed E-state index contributed by atoms with van der Waals surface area (Å²) in [6, 6.07) is 4.45.